The summed E-state index contributed by atoms with van der Waals surface area (Å²) in [6.45, 7) is 6.28. The maximum Gasteiger partial charge on any atom is 0.314 e. The standard InChI is InChI=1S/C15H24N4O2/c1-10(2)18-8-4-3-7-12(18)13-16-14-11(15(20)21)6-5-9-19(14)17-13/h10-12H,3-9H2,1-2H3,(H,20,21). The van der Waals surface area contributed by atoms with Crippen LogP contribution in [0, 0.1) is 0 Å². The van der Waals surface area contributed by atoms with E-state index in [2.05, 4.69) is 28.8 Å². The van der Waals surface area contributed by atoms with Crippen molar-refractivity contribution >= 4 is 5.97 Å². The van der Waals surface area contributed by atoms with Crippen molar-refractivity contribution in [3.05, 3.63) is 11.6 Å². The minimum Gasteiger partial charge on any atom is -0.481 e. The number of carbonyl (C=O) groups is 1. The molecular weight excluding hydrogens is 268 g/mol. The molecular formula is C15H24N4O2. The van der Waals surface area contributed by atoms with Gasteiger partial charge in [0.15, 0.2) is 5.82 Å². The zero-order valence-electron chi connectivity index (χ0n) is 12.8. The van der Waals surface area contributed by atoms with Gasteiger partial charge in [-0.2, -0.15) is 5.10 Å². The molecule has 2 aliphatic heterocycles. The van der Waals surface area contributed by atoms with Crippen molar-refractivity contribution in [3.8, 4) is 0 Å². The summed E-state index contributed by atoms with van der Waals surface area (Å²) in [5.74, 6) is 0.208. The Morgan fingerprint density at radius 3 is 2.76 bits per heavy atom. The molecule has 0 radical (unpaired) electrons. The summed E-state index contributed by atoms with van der Waals surface area (Å²) >= 11 is 0. The molecule has 1 aromatic rings. The summed E-state index contributed by atoms with van der Waals surface area (Å²) in [4.78, 5) is 18.5. The van der Waals surface area contributed by atoms with Crippen LogP contribution in [0.3, 0.4) is 0 Å². The van der Waals surface area contributed by atoms with Crippen LogP contribution in [0.2, 0.25) is 0 Å². The number of piperidine rings is 1. The monoisotopic (exact) mass is 292 g/mol. The Bertz CT molecular complexity index is 526. The van der Waals surface area contributed by atoms with Gasteiger partial charge in [0.2, 0.25) is 0 Å². The fourth-order valence-electron chi connectivity index (χ4n) is 3.59. The molecule has 0 amide bonds. The Balaban J connectivity index is 1.91. The number of fused-ring (bicyclic) bond motifs is 1. The SMILES string of the molecule is CC(C)N1CCCCC1c1nc2n(n1)CCCC2C(=O)O. The highest BCUT2D eigenvalue weighted by molar-refractivity contribution is 5.75. The van der Waals surface area contributed by atoms with Crippen molar-refractivity contribution < 1.29 is 9.90 Å². The normalized spacial score (nSPS) is 26.8. The van der Waals surface area contributed by atoms with E-state index >= 15 is 0 Å². The molecule has 6 nitrogen and oxygen atoms in total. The first-order valence-corrected chi connectivity index (χ1v) is 8.01. The Labute approximate surface area is 125 Å². The van der Waals surface area contributed by atoms with E-state index in [4.69, 9.17) is 0 Å². The van der Waals surface area contributed by atoms with E-state index in [0.717, 1.165) is 31.8 Å². The number of nitrogens with zero attached hydrogens (tertiary/aromatic N) is 4. The molecule has 21 heavy (non-hydrogen) atoms. The lowest BCUT2D eigenvalue weighted by molar-refractivity contribution is -0.139. The number of hydrogen-bond acceptors (Lipinski definition) is 4. The van der Waals surface area contributed by atoms with E-state index in [1.54, 1.807) is 0 Å². The van der Waals surface area contributed by atoms with Crippen LogP contribution in [0.1, 0.15) is 69.6 Å². The molecule has 0 aliphatic carbocycles. The number of carboxylic acid groups (broad SMARTS) is 1. The topological polar surface area (TPSA) is 71.2 Å². The molecule has 0 saturated carbocycles. The summed E-state index contributed by atoms with van der Waals surface area (Å²) in [5.41, 5.74) is 0. The van der Waals surface area contributed by atoms with Crippen LogP contribution in [0.5, 0.6) is 0 Å². The molecule has 2 aliphatic rings. The largest absolute Gasteiger partial charge is 0.481 e. The summed E-state index contributed by atoms with van der Waals surface area (Å²) in [6.07, 6.45) is 5.02. The third-order valence-electron chi connectivity index (χ3n) is 4.69. The Morgan fingerprint density at radius 2 is 2.05 bits per heavy atom. The Morgan fingerprint density at radius 1 is 1.24 bits per heavy atom. The lowest BCUT2D eigenvalue weighted by atomic mass is 9.99. The molecule has 2 atom stereocenters. The van der Waals surface area contributed by atoms with Gasteiger partial charge in [-0.1, -0.05) is 6.42 Å². The van der Waals surface area contributed by atoms with Crippen LogP contribution >= 0.6 is 0 Å². The molecule has 0 spiro atoms. The minimum absolute atomic E-state index is 0.242. The molecule has 1 saturated heterocycles. The second-order valence-corrected chi connectivity index (χ2v) is 6.43. The molecule has 3 rings (SSSR count). The van der Waals surface area contributed by atoms with Gasteiger partial charge in [-0.3, -0.25) is 9.69 Å². The second kappa shape index (κ2) is 5.75. The van der Waals surface area contributed by atoms with Gasteiger partial charge in [0.1, 0.15) is 11.7 Å². The molecule has 0 bridgehead atoms. The average molecular weight is 292 g/mol. The molecule has 1 aromatic heterocycles. The first-order chi connectivity index (χ1) is 10.1. The molecule has 3 heterocycles. The van der Waals surface area contributed by atoms with Crippen molar-refractivity contribution in [1.29, 1.82) is 0 Å². The van der Waals surface area contributed by atoms with Crippen molar-refractivity contribution in [2.45, 2.75) is 70.5 Å². The average Bonchev–Trinajstić information content (AvgIpc) is 2.90. The summed E-state index contributed by atoms with van der Waals surface area (Å²) in [6, 6.07) is 0.706. The number of likely N-dealkylation sites (tertiary alicyclic amines) is 1. The lowest BCUT2D eigenvalue weighted by Gasteiger charge is -2.36. The van der Waals surface area contributed by atoms with Gasteiger partial charge in [-0.25, -0.2) is 9.67 Å². The summed E-state index contributed by atoms with van der Waals surface area (Å²) < 4.78 is 1.82. The predicted octanol–water partition coefficient (Wildman–Crippen LogP) is 2.18. The predicted molar refractivity (Wildman–Crippen MR) is 78.1 cm³/mol. The van der Waals surface area contributed by atoms with Gasteiger partial charge in [0, 0.05) is 12.6 Å². The second-order valence-electron chi connectivity index (χ2n) is 6.43. The lowest BCUT2D eigenvalue weighted by Crippen LogP contribution is -2.39. The zero-order chi connectivity index (χ0) is 15.0. The van der Waals surface area contributed by atoms with Crippen LogP contribution < -0.4 is 0 Å². The van der Waals surface area contributed by atoms with Gasteiger partial charge in [-0.15, -0.1) is 0 Å². The van der Waals surface area contributed by atoms with E-state index in [9.17, 15) is 9.90 Å². The molecule has 0 aromatic carbocycles. The molecule has 6 heteroatoms. The first kappa shape index (κ1) is 14.5. The van der Waals surface area contributed by atoms with Gasteiger partial charge in [0.05, 0.1) is 6.04 Å². The molecule has 116 valence electrons. The van der Waals surface area contributed by atoms with Crippen LogP contribution in [0.4, 0.5) is 0 Å². The number of rotatable bonds is 3. The molecule has 1 N–H and O–H groups in total. The number of aryl methyl sites for hydroxylation is 1. The van der Waals surface area contributed by atoms with E-state index < -0.39 is 11.9 Å². The number of hydrogen-bond donors (Lipinski definition) is 1. The smallest absolute Gasteiger partial charge is 0.314 e. The summed E-state index contributed by atoms with van der Waals surface area (Å²) in [7, 11) is 0. The van der Waals surface area contributed by atoms with Crippen molar-refractivity contribution in [2.24, 2.45) is 0 Å². The highest BCUT2D eigenvalue weighted by Crippen LogP contribution is 2.33. The number of aliphatic carboxylic acids is 1. The van der Waals surface area contributed by atoms with Gasteiger partial charge in [0.25, 0.3) is 0 Å². The van der Waals surface area contributed by atoms with E-state index in [1.165, 1.54) is 12.8 Å². The van der Waals surface area contributed by atoms with Crippen molar-refractivity contribution in [3.63, 3.8) is 0 Å². The molecule has 1 fully saturated rings. The van der Waals surface area contributed by atoms with Crippen LogP contribution in [-0.4, -0.2) is 43.3 Å². The van der Waals surface area contributed by atoms with Gasteiger partial charge < -0.3 is 5.11 Å². The van der Waals surface area contributed by atoms with Crippen molar-refractivity contribution in [2.75, 3.05) is 6.54 Å². The van der Waals surface area contributed by atoms with Gasteiger partial charge in [-0.05, 0) is 46.1 Å². The fraction of sp³-hybridized carbons (Fsp3) is 0.800. The Kier molecular flexibility index (Phi) is 3.97. The highest BCUT2D eigenvalue weighted by Gasteiger charge is 2.34. The maximum atomic E-state index is 11.4. The fourth-order valence-corrected chi connectivity index (χ4v) is 3.59. The first-order valence-electron chi connectivity index (χ1n) is 8.01. The van der Waals surface area contributed by atoms with Crippen LogP contribution in [0.15, 0.2) is 0 Å². The van der Waals surface area contributed by atoms with Crippen LogP contribution in [0.25, 0.3) is 0 Å². The molecule has 2 unspecified atom stereocenters. The van der Waals surface area contributed by atoms with E-state index in [0.29, 0.717) is 18.3 Å². The van der Waals surface area contributed by atoms with Gasteiger partial charge >= 0.3 is 5.97 Å². The summed E-state index contributed by atoms with van der Waals surface area (Å²) in [5, 5.41) is 14.0. The minimum atomic E-state index is -0.778. The third kappa shape index (κ3) is 2.69. The maximum absolute atomic E-state index is 11.4. The zero-order valence-corrected chi connectivity index (χ0v) is 12.8. The number of aromatic nitrogens is 3. The quantitative estimate of drug-likeness (QED) is 0.924. The highest BCUT2D eigenvalue weighted by atomic mass is 16.4. The van der Waals surface area contributed by atoms with Crippen molar-refractivity contribution in [1.82, 2.24) is 19.7 Å². The van der Waals surface area contributed by atoms with Crippen LogP contribution in [-0.2, 0) is 11.3 Å². The van der Waals surface area contributed by atoms with E-state index in [1.807, 2.05) is 4.68 Å². The number of carboxylic acids is 1. The third-order valence-corrected chi connectivity index (χ3v) is 4.69. The van der Waals surface area contributed by atoms with E-state index in [-0.39, 0.29) is 6.04 Å². The Hall–Kier alpha value is -1.43.